The first-order valence-corrected chi connectivity index (χ1v) is 22.1. The van der Waals surface area contributed by atoms with Crippen LogP contribution in [-0.4, -0.2) is 89.6 Å². The highest BCUT2D eigenvalue weighted by Crippen LogP contribution is 2.59. The average molecular weight is 821 g/mol. The van der Waals surface area contributed by atoms with Crippen LogP contribution in [-0.2, 0) is 42.2 Å². The summed E-state index contributed by atoms with van der Waals surface area (Å²) in [6.07, 6.45) is 7.79. The summed E-state index contributed by atoms with van der Waals surface area (Å²) in [5, 5.41) is 5.30. The fourth-order valence-corrected chi connectivity index (χ4v) is 11.4. The van der Waals surface area contributed by atoms with E-state index in [0.29, 0.717) is 43.2 Å². The number of nitrogens with zero attached hydrogens (tertiary/aromatic N) is 3. The highest BCUT2D eigenvalue weighted by molar-refractivity contribution is 7.91. The molecule has 3 aliphatic carbocycles. The lowest BCUT2D eigenvalue weighted by Gasteiger charge is -2.69. The number of rotatable bonds is 7. The van der Waals surface area contributed by atoms with Gasteiger partial charge < -0.3 is 25.2 Å². The van der Waals surface area contributed by atoms with Crippen molar-refractivity contribution in [1.82, 2.24) is 19.8 Å². The molecule has 15 nitrogen and oxygen atoms in total. The van der Waals surface area contributed by atoms with Crippen LogP contribution in [0.15, 0.2) is 39.9 Å². The molecule has 9 rings (SSSR count). The lowest BCUT2D eigenvalue weighted by Crippen LogP contribution is -2.76. The minimum absolute atomic E-state index is 0.0117. The quantitative estimate of drug-likeness (QED) is 0.275. The van der Waals surface area contributed by atoms with E-state index in [0.717, 1.165) is 19.3 Å². The number of benzene rings is 1. The number of halogens is 1. The Morgan fingerprint density at radius 2 is 1.81 bits per heavy atom. The molecule has 3 N–H and O–H groups in total. The number of hydrogen-bond donors (Lipinski definition) is 3. The van der Waals surface area contributed by atoms with Crippen LogP contribution in [0.2, 0.25) is 0 Å². The molecule has 0 radical (unpaired) electrons. The molecule has 3 unspecified atom stereocenters. The van der Waals surface area contributed by atoms with Gasteiger partial charge in [0.25, 0.3) is 16.8 Å². The van der Waals surface area contributed by atoms with Gasteiger partial charge in [0.1, 0.15) is 40.9 Å². The monoisotopic (exact) mass is 820 g/mol. The van der Waals surface area contributed by atoms with E-state index in [1.165, 1.54) is 15.9 Å². The molecule has 5 fully saturated rings. The summed E-state index contributed by atoms with van der Waals surface area (Å²) < 4.78 is 48.4. The Morgan fingerprint density at radius 1 is 1.02 bits per heavy atom. The van der Waals surface area contributed by atoms with E-state index in [1.54, 1.807) is 12.1 Å². The molecule has 17 heteroatoms. The van der Waals surface area contributed by atoms with E-state index >= 15 is 0 Å². The van der Waals surface area contributed by atoms with Crippen molar-refractivity contribution in [3.05, 3.63) is 67.7 Å². The molecule has 4 aliphatic heterocycles. The number of sulfonamides is 1. The zero-order chi connectivity index (χ0) is 40.9. The van der Waals surface area contributed by atoms with Gasteiger partial charge in [0.15, 0.2) is 0 Å². The molecule has 7 aliphatic rings. The van der Waals surface area contributed by atoms with Crippen LogP contribution in [0.4, 0.5) is 20.6 Å². The molecule has 4 heterocycles. The minimum Gasteiger partial charge on any atom is -0.444 e. The average Bonchev–Trinajstić information content (AvgIpc) is 4.08. The van der Waals surface area contributed by atoms with Crippen molar-refractivity contribution in [3.8, 4) is 0 Å². The molecule has 0 aromatic heterocycles. The third-order valence-corrected chi connectivity index (χ3v) is 16.0. The van der Waals surface area contributed by atoms with Crippen molar-refractivity contribution in [2.75, 3.05) is 16.8 Å². The van der Waals surface area contributed by atoms with Gasteiger partial charge in [-0.15, -0.1) is 0 Å². The summed E-state index contributed by atoms with van der Waals surface area (Å²) in [7, 11) is -3.94. The maximum absolute atomic E-state index is 14.8. The van der Waals surface area contributed by atoms with Crippen LogP contribution in [0.3, 0.4) is 0 Å². The van der Waals surface area contributed by atoms with Gasteiger partial charge in [-0.1, -0.05) is 44.1 Å². The second-order valence-electron chi connectivity index (χ2n) is 17.7. The molecule has 2 aromatic carbocycles. The third-order valence-electron chi connectivity index (χ3n) is 14.2. The summed E-state index contributed by atoms with van der Waals surface area (Å²) in [6, 6.07) is 2.49. The summed E-state index contributed by atoms with van der Waals surface area (Å²) in [5.74, 6) is -3.04. The summed E-state index contributed by atoms with van der Waals surface area (Å²) >= 11 is 0. The van der Waals surface area contributed by atoms with Gasteiger partial charge in [-0.05, 0) is 69.9 Å². The van der Waals surface area contributed by atoms with Crippen molar-refractivity contribution >= 4 is 45.2 Å². The smallest absolute Gasteiger partial charge is 0.410 e. The van der Waals surface area contributed by atoms with Crippen LogP contribution in [0, 0.1) is 17.2 Å². The highest BCUT2D eigenvalue weighted by Gasteiger charge is 2.63. The first kappa shape index (κ1) is 38.7. The van der Waals surface area contributed by atoms with E-state index in [1.807, 2.05) is 24.0 Å². The van der Waals surface area contributed by atoms with Crippen molar-refractivity contribution in [2.24, 2.45) is 11.3 Å². The number of piperidine rings is 1. The minimum atomic E-state index is -3.94. The SMILES string of the molecule is CC1N(c2c(N[C@H]3CCCCC/C=C\[C@@H]4C[C@@]4(C(=O)NS(=O)(=O)C4CC4)NC(=O)[C@@H]4C[C@@H](OC(=O)N5Cc6cccc(F)c6C5)CN4C3=O)c(=O)c2=O)C2CCC12C. The van der Waals surface area contributed by atoms with E-state index in [4.69, 9.17) is 4.74 Å². The second kappa shape index (κ2) is 13.9. The number of amides is 4. The van der Waals surface area contributed by atoms with E-state index in [2.05, 4.69) is 22.3 Å². The number of nitrogens with one attached hydrogen (secondary N) is 3. The van der Waals surface area contributed by atoms with Crippen molar-refractivity contribution < 1.29 is 36.7 Å². The fraction of sp³-hybridized carbons (Fsp3) is 0.610. The van der Waals surface area contributed by atoms with Crippen LogP contribution in [0.1, 0.15) is 95.6 Å². The topological polar surface area (TPSA) is 192 Å². The highest BCUT2D eigenvalue weighted by atomic mass is 32.2. The van der Waals surface area contributed by atoms with Gasteiger partial charge in [0.2, 0.25) is 21.8 Å². The maximum Gasteiger partial charge on any atom is 0.410 e. The normalized spacial score (nSPS) is 33.9. The van der Waals surface area contributed by atoms with Gasteiger partial charge in [-0.25, -0.2) is 17.6 Å². The zero-order valence-corrected chi connectivity index (χ0v) is 33.4. The Morgan fingerprint density at radius 3 is 2.52 bits per heavy atom. The number of allylic oxidation sites excluding steroid dienone is 1. The standard InChI is InChI=1S/C41H49FN6O9S/c1-22-40(2)16-15-31(40)48(22)33-32(34(49)35(33)50)43-29-12-7-5-3-4-6-10-24-18-41(24,38(53)45-58(55,56)26-13-14-26)44-36(51)30-17-25(20-47(30)37(29)52)57-39(54)46-19-23-9-8-11-28(42)27(23)21-46/h6,8-11,22,24-26,29-31,43H,3-5,7,12-21H2,1-2H3,(H,44,51)(H,45,53)/b10-6-/t22?,24-,25-,29+,30+,31?,40?,41-/m1/s1. The molecule has 310 valence electrons. The molecule has 4 amide bonds. The molecule has 2 saturated heterocycles. The van der Waals surface area contributed by atoms with E-state index in [-0.39, 0.29) is 67.8 Å². The van der Waals surface area contributed by atoms with Gasteiger partial charge >= 0.3 is 6.09 Å². The Kier molecular flexibility index (Phi) is 9.28. The molecule has 0 bridgehead atoms. The number of carbonyl (C=O) groups is 4. The number of ether oxygens (including phenoxy) is 1. The Hall–Kier alpha value is -4.80. The van der Waals surface area contributed by atoms with Crippen molar-refractivity contribution in [1.29, 1.82) is 0 Å². The molecule has 8 atom stereocenters. The number of anilines is 2. The van der Waals surface area contributed by atoms with Crippen LogP contribution in [0.5, 0.6) is 0 Å². The van der Waals surface area contributed by atoms with E-state index < -0.39 is 85.4 Å². The fourth-order valence-electron chi connectivity index (χ4n) is 10.0. The second-order valence-corrected chi connectivity index (χ2v) is 19.7. The molecule has 58 heavy (non-hydrogen) atoms. The van der Waals surface area contributed by atoms with Crippen LogP contribution < -0.4 is 31.1 Å². The number of fused-ring (bicyclic) bond motifs is 4. The van der Waals surface area contributed by atoms with E-state index in [9.17, 15) is 41.6 Å². The first-order chi connectivity index (χ1) is 27.6. The van der Waals surface area contributed by atoms with Crippen LogP contribution in [0.25, 0.3) is 0 Å². The van der Waals surface area contributed by atoms with Gasteiger partial charge in [-0.2, -0.15) is 0 Å². The Bertz CT molecular complexity index is 2300. The van der Waals surface area contributed by atoms with Gasteiger partial charge in [0, 0.05) is 41.9 Å². The summed E-state index contributed by atoms with van der Waals surface area (Å²) in [5.41, 5.74) is -1.43. The third kappa shape index (κ3) is 6.29. The van der Waals surface area contributed by atoms with Gasteiger partial charge in [0.05, 0.1) is 18.3 Å². The number of hydrogen-bond acceptors (Lipinski definition) is 11. The van der Waals surface area contributed by atoms with Gasteiger partial charge in [-0.3, -0.25) is 33.6 Å². The zero-order valence-electron chi connectivity index (χ0n) is 32.6. The lowest BCUT2D eigenvalue weighted by molar-refractivity contribution is -0.140. The van der Waals surface area contributed by atoms with Crippen molar-refractivity contribution in [2.45, 2.75) is 139 Å². The molecule has 2 aromatic rings. The summed E-state index contributed by atoms with van der Waals surface area (Å²) in [6.45, 7) is 4.11. The maximum atomic E-state index is 14.8. The predicted octanol–water partition coefficient (Wildman–Crippen LogP) is 2.70. The predicted molar refractivity (Wildman–Crippen MR) is 209 cm³/mol. The Labute approximate surface area is 335 Å². The Balaban J connectivity index is 0.999. The summed E-state index contributed by atoms with van der Waals surface area (Å²) in [4.78, 5) is 87.4. The lowest BCUT2D eigenvalue weighted by atomic mass is 9.53. The number of carbonyl (C=O) groups excluding carboxylic acids is 4. The molecular formula is C41H49FN6O9S. The largest absolute Gasteiger partial charge is 0.444 e. The first-order valence-electron chi connectivity index (χ1n) is 20.6. The van der Waals surface area contributed by atoms with Crippen molar-refractivity contribution in [3.63, 3.8) is 0 Å². The molecule has 3 saturated carbocycles. The molecular weight excluding hydrogens is 772 g/mol. The van der Waals surface area contributed by atoms with Crippen LogP contribution >= 0.6 is 0 Å². The molecule has 0 spiro atoms.